The second-order valence-corrected chi connectivity index (χ2v) is 7.34. The van der Waals surface area contributed by atoms with Crippen molar-refractivity contribution in [2.24, 2.45) is 16.6 Å². The fourth-order valence-electron chi connectivity index (χ4n) is 3.72. The van der Waals surface area contributed by atoms with Crippen LogP contribution in [0.2, 0.25) is 0 Å². The van der Waals surface area contributed by atoms with Crippen LogP contribution in [0.25, 0.3) is 0 Å². The molecule has 18 heavy (non-hydrogen) atoms. The maximum atomic E-state index is 5.94. The van der Waals surface area contributed by atoms with Gasteiger partial charge in [-0.2, -0.15) is 0 Å². The second kappa shape index (κ2) is 4.30. The lowest BCUT2D eigenvalue weighted by Crippen LogP contribution is -2.36. The Labute approximate surface area is 109 Å². The van der Waals surface area contributed by atoms with Crippen molar-refractivity contribution in [1.82, 2.24) is 20.2 Å². The molecule has 1 saturated carbocycles. The Balaban J connectivity index is 2.30. The number of hydrogen-bond acceptors (Lipinski definition) is 4. The van der Waals surface area contributed by atoms with E-state index in [1.54, 1.807) is 0 Å². The van der Waals surface area contributed by atoms with Crippen molar-refractivity contribution in [3.8, 4) is 0 Å². The Morgan fingerprint density at radius 2 is 1.78 bits per heavy atom. The Hall–Kier alpha value is -0.970. The first-order valence-electron chi connectivity index (χ1n) is 6.74. The molecule has 0 aromatic carbocycles. The highest BCUT2D eigenvalue weighted by molar-refractivity contribution is 4.96. The predicted molar refractivity (Wildman–Crippen MR) is 70.9 cm³/mol. The minimum atomic E-state index is -0.117. The van der Waals surface area contributed by atoms with Crippen molar-refractivity contribution in [1.29, 1.82) is 0 Å². The van der Waals surface area contributed by atoms with Gasteiger partial charge in [-0.15, -0.1) is 5.10 Å². The zero-order chi connectivity index (χ0) is 13.6. The first-order chi connectivity index (χ1) is 8.20. The maximum Gasteiger partial charge on any atom is 0.167 e. The smallest absolute Gasteiger partial charge is 0.167 e. The lowest BCUT2D eigenvalue weighted by atomic mass is 9.63. The molecule has 0 bridgehead atoms. The van der Waals surface area contributed by atoms with E-state index in [0.717, 1.165) is 18.7 Å². The zero-order valence-electron chi connectivity index (χ0n) is 12.1. The third-order valence-electron chi connectivity index (χ3n) is 3.80. The van der Waals surface area contributed by atoms with Crippen molar-refractivity contribution < 1.29 is 0 Å². The summed E-state index contributed by atoms with van der Waals surface area (Å²) in [5, 5.41) is 12.0. The summed E-state index contributed by atoms with van der Waals surface area (Å²) in [7, 11) is 0. The molecule has 102 valence electrons. The molecule has 1 aliphatic carbocycles. The van der Waals surface area contributed by atoms with Crippen LogP contribution in [-0.4, -0.2) is 20.2 Å². The van der Waals surface area contributed by atoms with Crippen LogP contribution in [0.5, 0.6) is 0 Å². The van der Waals surface area contributed by atoms with Crippen LogP contribution >= 0.6 is 0 Å². The molecule has 1 aromatic rings. The lowest BCUT2D eigenvalue weighted by Gasteiger charge is -2.44. The van der Waals surface area contributed by atoms with E-state index >= 15 is 0 Å². The number of nitrogens with zero attached hydrogens (tertiary/aromatic N) is 4. The molecule has 5 heteroatoms. The van der Waals surface area contributed by atoms with E-state index < -0.39 is 0 Å². The van der Waals surface area contributed by atoms with Gasteiger partial charge in [0.15, 0.2) is 5.82 Å². The van der Waals surface area contributed by atoms with Crippen LogP contribution in [0, 0.1) is 10.8 Å². The molecule has 1 aromatic heterocycles. The summed E-state index contributed by atoms with van der Waals surface area (Å²) in [6.45, 7) is 11.3. The third kappa shape index (κ3) is 2.71. The highest BCUT2D eigenvalue weighted by Gasteiger charge is 2.40. The second-order valence-electron chi connectivity index (χ2n) is 7.34. The minimum absolute atomic E-state index is 0.117. The highest BCUT2D eigenvalue weighted by atomic mass is 15.6. The molecule has 0 radical (unpaired) electrons. The number of hydrogen-bond donors (Lipinski definition) is 1. The normalized spacial score (nSPS) is 25.0. The van der Waals surface area contributed by atoms with Gasteiger partial charge in [0.2, 0.25) is 0 Å². The van der Waals surface area contributed by atoms with Crippen LogP contribution in [0.15, 0.2) is 0 Å². The molecule has 0 amide bonds. The lowest BCUT2D eigenvalue weighted by molar-refractivity contribution is 0.0648. The Morgan fingerprint density at radius 1 is 1.22 bits per heavy atom. The van der Waals surface area contributed by atoms with Gasteiger partial charge in [-0.1, -0.05) is 27.7 Å². The van der Waals surface area contributed by atoms with Gasteiger partial charge in [-0.3, -0.25) is 0 Å². The van der Waals surface area contributed by atoms with Gasteiger partial charge in [0.25, 0.3) is 0 Å². The molecule has 2 rings (SSSR count). The highest BCUT2D eigenvalue weighted by Crippen LogP contribution is 2.50. The average molecular weight is 251 g/mol. The molecule has 1 atom stereocenters. The van der Waals surface area contributed by atoms with Crippen molar-refractivity contribution in [2.45, 2.75) is 66.0 Å². The Kier molecular flexibility index (Phi) is 3.21. The molecule has 1 heterocycles. The molecule has 2 N–H and O–H groups in total. The fraction of sp³-hybridized carbons (Fsp3) is 0.923. The van der Waals surface area contributed by atoms with E-state index in [2.05, 4.69) is 43.2 Å². The standard InChI is InChI=1S/C13H25N5/c1-9(14)11-15-16-17-18(11)10-6-12(2,3)8-13(4,5)7-10/h9-10H,6-8,14H2,1-5H3. The monoisotopic (exact) mass is 251 g/mol. The summed E-state index contributed by atoms with van der Waals surface area (Å²) < 4.78 is 1.95. The van der Waals surface area contributed by atoms with Gasteiger partial charge < -0.3 is 5.73 Å². The summed E-state index contributed by atoms with van der Waals surface area (Å²) >= 11 is 0. The van der Waals surface area contributed by atoms with Crippen molar-refractivity contribution in [3.63, 3.8) is 0 Å². The Bertz CT molecular complexity index is 403. The first-order valence-corrected chi connectivity index (χ1v) is 6.74. The topological polar surface area (TPSA) is 69.6 Å². The predicted octanol–water partition coefficient (Wildman–Crippen LogP) is 2.47. The molecule has 1 aliphatic rings. The minimum Gasteiger partial charge on any atom is -0.322 e. The van der Waals surface area contributed by atoms with Gasteiger partial charge in [0.05, 0.1) is 12.1 Å². The average Bonchev–Trinajstić information content (AvgIpc) is 2.59. The van der Waals surface area contributed by atoms with E-state index in [-0.39, 0.29) is 6.04 Å². The quantitative estimate of drug-likeness (QED) is 0.876. The van der Waals surface area contributed by atoms with Gasteiger partial charge >= 0.3 is 0 Å². The van der Waals surface area contributed by atoms with Gasteiger partial charge in [-0.05, 0) is 47.4 Å². The molecule has 1 unspecified atom stereocenters. The molecule has 1 fully saturated rings. The zero-order valence-corrected chi connectivity index (χ0v) is 12.1. The summed E-state index contributed by atoms with van der Waals surface area (Å²) in [6, 6.07) is 0.243. The van der Waals surface area contributed by atoms with E-state index in [1.807, 2.05) is 11.6 Å². The van der Waals surface area contributed by atoms with Crippen molar-refractivity contribution >= 4 is 0 Å². The summed E-state index contributed by atoms with van der Waals surface area (Å²) in [6.07, 6.45) is 3.47. The maximum absolute atomic E-state index is 5.94. The van der Waals surface area contributed by atoms with Crippen LogP contribution in [0.3, 0.4) is 0 Å². The molecular weight excluding hydrogens is 226 g/mol. The molecule has 0 saturated heterocycles. The summed E-state index contributed by atoms with van der Waals surface area (Å²) in [5.41, 5.74) is 6.59. The van der Waals surface area contributed by atoms with Crippen molar-refractivity contribution in [2.75, 3.05) is 0 Å². The number of nitrogens with two attached hydrogens (primary N) is 1. The van der Waals surface area contributed by atoms with Crippen molar-refractivity contribution in [3.05, 3.63) is 5.82 Å². The van der Waals surface area contributed by atoms with Gasteiger partial charge in [0, 0.05) is 0 Å². The number of aromatic nitrogens is 4. The van der Waals surface area contributed by atoms with Gasteiger partial charge in [0.1, 0.15) is 0 Å². The van der Waals surface area contributed by atoms with Crippen LogP contribution in [-0.2, 0) is 0 Å². The molecule has 0 spiro atoms. The molecule has 5 nitrogen and oxygen atoms in total. The van der Waals surface area contributed by atoms with E-state index in [0.29, 0.717) is 16.9 Å². The van der Waals surface area contributed by atoms with E-state index in [1.165, 1.54) is 6.42 Å². The molecule has 0 aliphatic heterocycles. The SMILES string of the molecule is CC(N)c1nnnn1C1CC(C)(C)CC(C)(C)C1. The Morgan fingerprint density at radius 3 is 2.28 bits per heavy atom. The third-order valence-corrected chi connectivity index (χ3v) is 3.80. The fourth-order valence-corrected chi connectivity index (χ4v) is 3.72. The van der Waals surface area contributed by atoms with E-state index in [9.17, 15) is 0 Å². The first kappa shape index (κ1) is 13.5. The van der Waals surface area contributed by atoms with Crippen LogP contribution in [0.4, 0.5) is 0 Å². The summed E-state index contributed by atoms with van der Waals surface area (Å²) in [4.78, 5) is 0. The summed E-state index contributed by atoms with van der Waals surface area (Å²) in [5.74, 6) is 0.800. The number of tetrazole rings is 1. The van der Waals surface area contributed by atoms with Crippen LogP contribution in [0.1, 0.15) is 71.8 Å². The van der Waals surface area contributed by atoms with E-state index in [4.69, 9.17) is 5.73 Å². The molecular formula is C13H25N5. The number of rotatable bonds is 2. The van der Waals surface area contributed by atoms with Crippen LogP contribution < -0.4 is 5.73 Å². The van der Waals surface area contributed by atoms with Gasteiger partial charge in [-0.25, -0.2) is 4.68 Å². The largest absolute Gasteiger partial charge is 0.322 e.